The predicted molar refractivity (Wildman–Crippen MR) is 92.5 cm³/mol. The maximum Gasteiger partial charge on any atom is 0.171 e. The summed E-state index contributed by atoms with van der Waals surface area (Å²) >= 11 is 5.48. The lowest BCUT2D eigenvalue weighted by molar-refractivity contribution is 0.309. The third-order valence-electron chi connectivity index (χ3n) is 4.31. The van der Waals surface area contributed by atoms with Crippen molar-refractivity contribution < 1.29 is 0 Å². The Morgan fingerprint density at radius 1 is 1.19 bits per heavy atom. The lowest BCUT2D eigenvalue weighted by atomic mass is 9.86. The molecule has 0 amide bonds. The Balaban J connectivity index is 1.71. The van der Waals surface area contributed by atoms with Crippen LogP contribution in [0.25, 0.3) is 10.9 Å². The topological polar surface area (TPSA) is 37.0 Å². The molecule has 2 N–H and O–H groups in total. The number of fused-ring (bicyclic) bond motifs is 1. The molecule has 0 unspecified atom stereocenters. The number of aromatic nitrogens is 1. The molecule has 0 aliphatic heterocycles. The SMILES string of the molecule is C[C@H]1CCCC[C@H]1NC(=S)Nc1cccc2cccnc12. The van der Waals surface area contributed by atoms with Gasteiger partial charge in [-0.1, -0.05) is 38.0 Å². The third-order valence-corrected chi connectivity index (χ3v) is 4.53. The van der Waals surface area contributed by atoms with Gasteiger partial charge in [0.25, 0.3) is 0 Å². The Labute approximate surface area is 131 Å². The quantitative estimate of drug-likeness (QED) is 0.819. The highest BCUT2D eigenvalue weighted by Gasteiger charge is 2.21. The first kappa shape index (κ1) is 14.3. The lowest BCUT2D eigenvalue weighted by Crippen LogP contribution is -2.43. The fourth-order valence-electron chi connectivity index (χ4n) is 3.06. The van der Waals surface area contributed by atoms with Crippen LogP contribution in [0.5, 0.6) is 0 Å². The number of anilines is 1. The number of benzene rings is 1. The predicted octanol–water partition coefficient (Wildman–Crippen LogP) is 4.10. The molecule has 1 aliphatic rings. The average Bonchev–Trinajstić information content (AvgIpc) is 2.50. The van der Waals surface area contributed by atoms with E-state index < -0.39 is 0 Å². The van der Waals surface area contributed by atoms with Crippen LogP contribution in [0.4, 0.5) is 5.69 Å². The van der Waals surface area contributed by atoms with Crippen LogP contribution in [-0.2, 0) is 0 Å². The fourth-order valence-corrected chi connectivity index (χ4v) is 3.32. The van der Waals surface area contributed by atoms with Gasteiger partial charge in [0.05, 0.1) is 11.2 Å². The van der Waals surface area contributed by atoms with Crippen LogP contribution >= 0.6 is 12.2 Å². The van der Waals surface area contributed by atoms with Crippen molar-refractivity contribution >= 4 is 33.9 Å². The van der Waals surface area contributed by atoms with Crippen LogP contribution in [0.2, 0.25) is 0 Å². The van der Waals surface area contributed by atoms with E-state index in [1.165, 1.54) is 25.7 Å². The van der Waals surface area contributed by atoms with E-state index in [0.29, 0.717) is 17.1 Å². The number of para-hydroxylation sites is 1. The highest BCUT2D eigenvalue weighted by atomic mass is 32.1. The van der Waals surface area contributed by atoms with Gasteiger partial charge in [-0.2, -0.15) is 0 Å². The number of hydrogen-bond donors (Lipinski definition) is 2. The first-order valence-electron chi connectivity index (χ1n) is 7.65. The Kier molecular flexibility index (Phi) is 4.34. The summed E-state index contributed by atoms with van der Waals surface area (Å²) in [6.45, 7) is 2.30. The van der Waals surface area contributed by atoms with Crippen molar-refractivity contribution in [2.24, 2.45) is 5.92 Å². The van der Waals surface area contributed by atoms with E-state index in [0.717, 1.165) is 16.6 Å². The first-order valence-corrected chi connectivity index (χ1v) is 8.06. The van der Waals surface area contributed by atoms with Crippen molar-refractivity contribution in [1.82, 2.24) is 10.3 Å². The van der Waals surface area contributed by atoms with E-state index in [1.807, 2.05) is 24.4 Å². The summed E-state index contributed by atoms with van der Waals surface area (Å²) in [5.41, 5.74) is 1.93. The molecule has 0 saturated heterocycles. The molecule has 0 radical (unpaired) electrons. The number of nitrogens with zero attached hydrogens (tertiary/aromatic N) is 1. The fraction of sp³-hybridized carbons (Fsp3) is 0.412. The van der Waals surface area contributed by atoms with E-state index >= 15 is 0 Å². The van der Waals surface area contributed by atoms with Crippen molar-refractivity contribution in [1.29, 1.82) is 0 Å². The Hall–Kier alpha value is -1.68. The monoisotopic (exact) mass is 299 g/mol. The Morgan fingerprint density at radius 2 is 2.00 bits per heavy atom. The second-order valence-corrected chi connectivity index (χ2v) is 6.26. The molecule has 0 spiro atoms. The van der Waals surface area contributed by atoms with Gasteiger partial charge < -0.3 is 10.6 Å². The molecule has 0 bridgehead atoms. The normalized spacial score (nSPS) is 22.0. The molecule has 2 atom stereocenters. The van der Waals surface area contributed by atoms with Gasteiger partial charge in [-0.05, 0) is 43.1 Å². The summed E-state index contributed by atoms with van der Waals surface area (Å²) < 4.78 is 0. The van der Waals surface area contributed by atoms with E-state index in [9.17, 15) is 0 Å². The Bertz CT molecular complexity index is 635. The number of thiocarbonyl (C=S) groups is 1. The van der Waals surface area contributed by atoms with Crippen molar-refractivity contribution in [3.63, 3.8) is 0 Å². The standard InChI is InChI=1S/C17H21N3S/c1-12-6-2-3-9-14(12)19-17(21)20-15-10-4-7-13-8-5-11-18-16(13)15/h4-5,7-8,10-12,14H,2-3,6,9H2,1H3,(H2,19,20,21)/t12-,14+/m0/s1. The number of nitrogens with one attached hydrogen (secondary N) is 2. The van der Waals surface area contributed by atoms with Gasteiger partial charge in [0.15, 0.2) is 5.11 Å². The number of hydrogen-bond acceptors (Lipinski definition) is 2. The minimum absolute atomic E-state index is 0.488. The maximum atomic E-state index is 5.48. The van der Waals surface area contributed by atoms with Gasteiger partial charge in [-0.15, -0.1) is 0 Å². The molecule has 3 rings (SSSR count). The Morgan fingerprint density at radius 3 is 2.86 bits per heavy atom. The highest BCUT2D eigenvalue weighted by molar-refractivity contribution is 7.80. The van der Waals surface area contributed by atoms with E-state index in [-0.39, 0.29) is 0 Å². The summed E-state index contributed by atoms with van der Waals surface area (Å²) in [5.74, 6) is 0.684. The second-order valence-electron chi connectivity index (χ2n) is 5.85. The van der Waals surface area contributed by atoms with E-state index in [4.69, 9.17) is 12.2 Å². The average molecular weight is 299 g/mol. The summed E-state index contributed by atoms with van der Waals surface area (Å²) in [7, 11) is 0. The van der Waals surface area contributed by atoms with Crippen LogP contribution in [0.3, 0.4) is 0 Å². The lowest BCUT2D eigenvalue weighted by Gasteiger charge is -2.30. The first-order chi connectivity index (χ1) is 10.2. The van der Waals surface area contributed by atoms with Crippen molar-refractivity contribution in [3.05, 3.63) is 36.5 Å². The van der Waals surface area contributed by atoms with Crippen molar-refractivity contribution in [2.45, 2.75) is 38.6 Å². The van der Waals surface area contributed by atoms with Gasteiger partial charge >= 0.3 is 0 Å². The van der Waals surface area contributed by atoms with Crippen LogP contribution in [0, 0.1) is 5.92 Å². The molecule has 1 saturated carbocycles. The van der Waals surface area contributed by atoms with Gasteiger partial charge in [-0.25, -0.2) is 0 Å². The molecular weight excluding hydrogens is 278 g/mol. The maximum absolute atomic E-state index is 5.48. The molecule has 3 nitrogen and oxygen atoms in total. The van der Waals surface area contributed by atoms with Crippen molar-refractivity contribution in [3.8, 4) is 0 Å². The summed E-state index contributed by atoms with van der Waals surface area (Å²) in [6, 6.07) is 10.6. The zero-order valence-electron chi connectivity index (χ0n) is 12.3. The van der Waals surface area contributed by atoms with E-state index in [1.54, 1.807) is 0 Å². The van der Waals surface area contributed by atoms with Crippen molar-refractivity contribution in [2.75, 3.05) is 5.32 Å². The molecule has 1 aromatic carbocycles. The minimum Gasteiger partial charge on any atom is -0.359 e. The molecular formula is C17H21N3S. The van der Waals surface area contributed by atoms with Crippen LogP contribution in [0.15, 0.2) is 36.5 Å². The minimum atomic E-state index is 0.488. The number of pyridine rings is 1. The zero-order valence-corrected chi connectivity index (χ0v) is 13.1. The summed E-state index contributed by atoms with van der Waals surface area (Å²) in [5, 5.41) is 8.61. The van der Waals surface area contributed by atoms with Gasteiger partial charge in [-0.3, -0.25) is 4.98 Å². The molecule has 21 heavy (non-hydrogen) atoms. The number of rotatable bonds is 2. The van der Waals surface area contributed by atoms with Crippen LogP contribution in [0.1, 0.15) is 32.6 Å². The molecule has 110 valence electrons. The smallest absolute Gasteiger partial charge is 0.171 e. The second kappa shape index (κ2) is 6.39. The molecule has 4 heteroatoms. The van der Waals surface area contributed by atoms with Gasteiger partial charge in [0.2, 0.25) is 0 Å². The highest BCUT2D eigenvalue weighted by Crippen LogP contribution is 2.24. The largest absolute Gasteiger partial charge is 0.359 e. The molecule has 2 aromatic rings. The van der Waals surface area contributed by atoms with E-state index in [2.05, 4.69) is 34.7 Å². The molecule has 1 aromatic heterocycles. The molecule has 1 aliphatic carbocycles. The zero-order chi connectivity index (χ0) is 14.7. The van der Waals surface area contributed by atoms with Gasteiger partial charge in [0.1, 0.15) is 0 Å². The van der Waals surface area contributed by atoms with Crippen LogP contribution in [-0.4, -0.2) is 16.1 Å². The molecule has 1 heterocycles. The third kappa shape index (κ3) is 3.32. The van der Waals surface area contributed by atoms with Gasteiger partial charge in [0, 0.05) is 17.6 Å². The molecule has 1 fully saturated rings. The van der Waals surface area contributed by atoms with Crippen LogP contribution < -0.4 is 10.6 Å². The summed E-state index contributed by atoms with van der Waals surface area (Å²) in [4.78, 5) is 4.45. The summed E-state index contributed by atoms with van der Waals surface area (Å²) in [6.07, 6.45) is 6.94.